The minimum atomic E-state index is -1.49. The molecule has 2 heterocycles. The van der Waals surface area contributed by atoms with E-state index in [4.69, 9.17) is 10.5 Å². The Kier molecular flexibility index (Phi) is 9.07. The van der Waals surface area contributed by atoms with Gasteiger partial charge in [0.05, 0.1) is 12.6 Å². The van der Waals surface area contributed by atoms with Crippen LogP contribution in [0, 0.1) is 22.9 Å². The van der Waals surface area contributed by atoms with E-state index in [1.54, 1.807) is 31.5 Å². The summed E-state index contributed by atoms with van der Waals surface area (Å²) < 4.78 is 61.1. The number of nitrogens with two attached hydrogens (primary N) is 1. The van der Waals surface area contributed by atoms with Crippen LogP contribution < -0.4 is 15.8 Å². The molecule has 0 amide bonds. The number of halogens is 4. The van der Waals surface area contributed by atoms with Gasteiger partial charge < -0.3 is 25.8 Å². The van der Waals surface area contributed by atoms with Gasteiger partial charge in [-0.25, -0.2) is 17.6 Å². The van der Waals surface area contributed by atoms with Crippen LogP contribution in [0.1, 0.15) is 43.0 Å². The zero-order valence-corrected chi connectivity index (χ0v) is 21.5. The molecule has 4 rings (SSSR count). The number of nitrogens with one attached hydrogen (secondary N) is 1. The zero-order chi connectivity index (χ0) is 27.3. The van der Waals surface area contributed by atoms with E-state index in [0.29, 0.717) is 73.2 Å². The average molecular weight is 535 g/mol. The molecule has 0 aliphatic carbocycles. The van der Waals surface area contributed by atoms with Crippen molar-refractivity contribution < 1.29 is 27.4 Å². The van der Waals surface area contributed by atoms with Gasteiger partial charge in [-0.2, -0.15) is 0 Å². The summed E-state index contributed by atoms with van der Waals surface area (Å²) in [6, 6.07) is 7.22. The van der Waals surface area contributed by atoms with Crippen LogP contribution in [0.4, 0.5) is 23.2 Å². The lowest BCUT2D eigenvalue weighted by Gasteiger charge is -2.41. The van der Waals surface area contributed by atoms with Crippen LogP contribution in [0.2, 0.25) is 0 Å². The molecular weight excluding hydrogens is 500 g/mol. The van der Waals surface area contributed by atoms with Gasteiger partial charge in [0.2, 0.25) is 0 Å². The molecule has 0 radical (unpaired) electrons. The second-order valence-corrected chi connectivity index (χ2v) is 9.97. The molecule has 206 valence electrons. The van der Waals surface area contributed by atoms with Crippen LogP contribution in [0.5, 0.6) is 5.75 Å². The molecule has 0 spiro atoms. The van der Waals surface area contributed by atoms with Crippen molar-refractivity contribution in [1.29, 1.82) is 0 Å². The molecule has 4 N–H and O–H groups in total. The SMILES string of the molecule is COc1ccc2ncc(CN)c([C@@H](F)CCC3(CO)CCN(CCNc4cc(F)c(F)c(F)c4)CC3)c2c1. The highest BCUT2D eigenvalue weighted by Crippen LogP contribution is 2.41. The molecule has 1 atom stereocenters. The van der Waals surface area contributed by atoms with Crippen molar-refractivity contribution in [2.75, 3.05) is 45.2 Å². The Bertz CT molecular complexity index is 1220. The summed E-state index contributed by atoms with van der Waals surface area (Å²) in [5, 5.41) is 13.8. The molecular formula is C28H34F4N4O2. The van der Waals surface area contributed by atoms with E-state index in [2.05, 4.69) is 15.2 Å². The van der Waals surface area contributed by atoms with Gasteiger partial charge in [-0.05, 0) is 68.0 Å². The van der Waals surface area contributed by atoms with Crippen molar-refractivity contribution in [3.63, 3.8) is 0 Å². The number of nitrogens with zero attached hydrogens (tertiary/aromatic N) is 2. The van der Waals surface area contributed by atoms with Gasteiger partial charge in [0.15, 0.2) is 17.5 Å². The number of methoxy groups -OCH3 is 1. The van der Waals surface area contributed by atoms with Crippen LogP contribution in [0.15, 0.2) is 36.5 Å². The first-order chi connectivity index (χ1) is 18.3. The highest BCUT2D eigenvalue weighted by Gasteiger charge is 2.35. The highest BCUT2D eigenvalue weighted by atomic mass is 19.2. The predicted octanol–water partition coefficient (Wildman–Crippen LogP) is 5.10. The summed E-state index contributed by atoms with van der Waals surface area (Å²) in [6.45, 7) is 2.57. The molecule has 1 aromatic heterocycles. The maximum Gasteiger partial charge on any atom is 0.194 e. The summed E-state index contributed by atoms with van der Waals surface area (Å²) in [5.74, 6) is -3.34. The first kappa shape index (κ1) is 28.1. The van der Waals surface area contributed by atoms with E-state index in [1.807, 2.05) is 0 Å². The molecule has 3 aromatic rings. The summed E-state index contributed by atoms with van der Waals surface area (Å²) in [5.41, 5.74) is 7.55. The molecule has 1 saturated heterocycles. The highest BCUT2D eigenvalue weighted by molar-refractivity contribution is 5.85. The maximum absolute atomic E-state index is 15.8. The first-order valence-corrected chi connectivity index (χ1v) is 12.8. The second kappa shape index (κ2) is 12.3. The number of benzene rings is 2. The van der Waals surface area contributed by atoms with Gasteiger partial charge in [-0.1, -0.05) is 0 Å². The number of aliphatic hydroxyl groups is 1. The van der Waals surface area contributed by atoms with Gasteiger partial charge in [-0.15, -0.1) is 0 Å². The minimum absolute atomic E-state index is 0.0331. The summed E-state index contributed by atoms with van der Waals surface area (Å²) in [4.78, 5) is 6.59. The summed E-state index contributed by atoms with van der Waals surface area (Å²) in [6.07, 6.45) is 2.51. The molecule has 0 bridgehead atoms. The summed E-state index contributed by atoms with van der Waals surface area (Å²) in [7, 11) is 1.56. The monoisotopic (exact) mass is 534 g/mol. The van der Waals surface area contributed by atoms with Gasteiger partial charge in [0, 0.05) is 61.2 Å². The average Bonchev–Trinajstić information content (AvgIpc) is 2.94. The van der Waals surface area contributed by atoms with Crippen molar-refractivity contribution in [3.8, 4) is 5.75 Å². The number of fused-ring (bicyclic) bond motifs is 1. The van der Waals surface area contributed by atoms with Crippen LogP contribution in [0.25, 0.3) is 10.9 Å². The third kappa shape index (κ3) is 6.19. The molecule has 0 saturated carbocycles. The maximum atomic E-state index is 15.8. The van der Waals surface area contributed by atoms with Crippen molar-refractivity contribution in [2.45, 2.75) is 38.4 Å². The number of pyridine rings is 1. The number of alkyl halides is 1. The van der Waals surface area contributed by atoms with Gasteiger partial charge >= 0.3 is 0 Å². The third-order valence-electron chi connectivity index (χ3n) is 7.65. The number of ether oxygens (including phenoxy) is 1. The number of piperidine rings is 1. The minimum Gasteiger partial charge on any atom is -0.497 e. The van der Waals surface area contributed by atoms with Crippen molar-refractivity contribution >= 4 is 16.6 Å². The number of likely N-dealkylation sites (tertiary alicyclic amines) is 1. The number of anilines is 1. The largest absolute Gasteiger partial charge is 0.497 e. The Hall–Kier alpha value is -2.95. The molecule has 0 unspecified atom stereocenters. The van der Waals surface area contributed by atoms with Crippen molar-refractivity contribution in [3.05, 3.63) is 65.1 Å². The van der Waals surface area contributed by atoms with E-state index in [9.17, 15) is 18.3 Å². The van der Waals surface area contributed by atoms with E-state index >= 15 is 4.39 Å². The topological polar surface area (TPSA) is 83.6 Å². The number of rotatable bonds is 11. The molecule has 10 heteroatoms. The Balaban J connectivity index is 1.34. The molecule has 38 heavy (non-hydrogen) atoms. The lowest BCUT2D eigenvalue weighted by atomic mass is 9.74. The fourth-order valence-corrected chi connectivity index (χ4v) is 5.22. The Morgan fingerprint density at radius 3 is 2.50 bits per heavy atom. The van der Waals surface area contributed by atoms with Crippen LogP contribution >= 0.6 is 0 Å². The molecule has 6 nitrogen and oxygen atoms in total. The smallest absolute Gasteiger partial charge is 0.194 e. The number of aromatic nitrogens is 1. The first-order valence-electron chi connectivity index (χ1n) is 12.8. The summed E-state index contributed by atoms with van der Waals surface area (Å²) >= 11 is 0. The predicted molar refractivity (Wildman–Crippen MR) is 139 cm³/mol. The molecule has 1 aliphatic rings. The van der Waals surface area contributed by atoms with E-state index in [0.717, 1.165) is 12.1 Å². The van der Waals surface area contributed by atoms with Crippen LogP contribution in [0.3, 0.4) is 0 Å². The van der Waals surface area contributed by atoms with Crippen molar-refractivity contribution in [1.82, 2.24) is 9.88 Å². The van der Waals surface area contributed by atoms with Gasteiger partial charge in [-0.3, -0.25) is 4.98 Å². The van der Waals surface area contributed by atoms with Gasteiger partial charge in [0.25, 0.3) is 0 Å². The Morgan fingerprint density at radius 1 is 1.16 bits per heavy atom. The number of hydrogen-bond acceptors (Lipinski definition) is 6. The Labute approximate surface area is 219 Å². The van der Waals surface area contributed by atoms with Gasteiger partial charge in [0.1, 0.15) is 11.9 Å². The van der Waals surface area contributed by atoms with Crippen LogP contribution in [-0.2, 0) is 6.54 Å². The molecule has 2 aromatic carbocycles. The van der Waals surface area contributed by atoms with E-state index in [1.165, 1.54) is 0 Å². The second-order valence-electron chi connectivity index (χ2n) is 9.97. The lowest BCUT2D eigenvalue weighted by molar-refractivity contribution is 0.0315. The molecule has 1 aliphatic heterocycles. The number of aliphatic hydroxyl groups excluding tert-OH is 1. The Morgan fingerprint density at radius 2 is 1.87 bits per heavy atom. The fourth-order valence-electron chi connectivity index (χ4n) is 5.22. The third-order valence-corrected chi connectivity index (χ3v) is 7.65. The fraction of sp³-hybridized carbons (Fsp3) is 0.464. The van der Waals surface area contributed by atoms with E-state index < -0.39 is 23.6 Å². The standard InChI is InChI=1S/C28H34F4N4O2/c1-38-20-2-3-25-21(14-20)26(18(15-33)16-35-25)22(29)4-5-28(17-37)6-9-36(10-7-28)11-8-34-19-12-23(30)27(32)24(31)13-19/h2-3,12-14,16,22,34,37H,4-11,15,17,33H2,1H3/t22-/m0/s1. The zero-order valence-electron chi connectivity index (χ0n) is 21.5. The van der Waals surface area contributed by atoms with Crippen LogP contribution in [-0.4, -0.2) is 54.9 Å². The number of hydrogen-bond donors (Lipinski definition) is 3. The normalized spacial score (nSPS) is 16.5. The van der Waals surface area contributed by atoms with E-state index in [-0.39, 0.29) is 30.7 Å². The van der Waals surface area contributed by atoms with Crippen molar-refractivity contribution in [2.24, 2.45) is 11.1 Å². The lowest BCUT2D eigenvalue weighted by Crippen LogP contribution is -2.43. The quantitative estimate of drug-likeness (QED) is 0.235. The molecule has 1 fully saturated rings.